The van der Waals surface area contributed by atoms with Crippen molar-refractivity contribution >= 4 is 11.0 Å². The Hall–Kier alpha value is -1.54. The van der Waals surface area contributed by atoms with Gasteiger partial charge in [0.1, 0.15) is 23.8 Å². The van der Waals surface area contributed by atoms with Crippen molar-refractivity contribution in [3.8, 4) is 0 Å². The van der Waals surface area contributed by atoms with Crippen LogP contribution in [0.4, 0.5) is 0 Å². The molecule has 19 heavy (non-hydrogen) atoms. The SMILES string of the molecule is Cc1cccc2nnn([C@@H]3O[C@H](CO)[C@@H](O)[C@H]3O)c12. The molecule has 7 nitrogen and oxygen atoms in total. The number of fused-ring (bicyclic) bond motifs is 1. The van der Waals surface area contributed by atoms with Crippen LogP contribution in [-0.4, -0.2) is 55.2 Å². The number of aliphatic hydroxyl groups excluding tert-OH is 3. The van der Waals surface area contributed by atoms with Crippen LogP contribution in [0.3, 0.4) is 0 Å². The molecule has 0 radical (unpaired) electrons. The summed E-state index contributed by atoms with van der Waals surface area (Å²) < 4.78 is 6.91. The Kier molecular flexibility index (Phi) is 2.98. The van der Waals surface area contributed by atoms with Gasteiger partial charge in [0.15, 0.2) is 6.23 Å². The van der Waals surface area contributed by atoms with Crippen LogP contribution < -0.4 is 0 Å². The first-order valence-electron chi connectivity index (χ1n) is 6.06. The number of aromatic nitrogens is 3. The van der Waals surface area contributed by atoms with E-state index in [0.29, 0.717) is 5.52 Å². The minimum atomic E-state index is -1.15. The number of para-hydroxylation sites is 1. The first-order chi connectivity index (χ1) is 9.13. The number of rotatable bonds is 2. The summed E-state index contributed by atoms with van der Waals surface area (Å²) in [4.78, 5) is 0. The molecule has 1 aliphatic heterocycles. The number of aryl methyl sites for hydroxylation is 1. The normalized spacial score (nSPS) is 31.2. The minimum Gasteiger partial charge on any atom is -0.394 e. The topological polar surface area (TPSA) is 101 Å². The van der Waals surface area contributed by atoms with Crippen molar-refractivity contribution in [2.75, 3.05) is 6.61 Å². The van der Waals surface area contributed by atoms with Crippen molar-refractivity contribution in [3.63, 3.8) is 0 Å². The zero-order valence-electron chi connectivity index (χ0n) is 10.3. The predicted octanol–water partition coefficient (Wildman–Crippen LogP) is -0.649. The van der Waals surface area contributed by atoms with Crippen LogP contribution in [0.5, 0.6) is 0 Å². The van der Waals surface area contributed by atoms with E-state index in [1.54, 1.807) is 0 Å². The summed E-state index contributed by atoms with van der Waals surface area (Å²) in [5, 5.41) is 36.9. The Morgan fingerprint density at radius 1 is 1.32 bits per heavy atom. The standard InChI is InChI=1S/C12H15N3O4/c1-6-3-2-4-7-9(6)15(14-13-7)12-11(18)10(17)8(5-16)19-12/h2-4,8,10-12,16-18H,5H2,1H3/t8-,10-,11-,12-/m1/s1. The molecule has 0 aliphatic carbocycles. The van der Waals surface area contributed by atoms with Gasteiger partial charge in [-0.1, -0.05) is 17.3 Å². The van der Waals surface area contributed by atoms with Crippen LogP contribution in [0.2, 0.25) is 0 Å². The third-order valence-corrected chi connectivity index (χ3v) is 3.45. The smallest absolute Gasteiger partial charge is 0.181 e. The Bertz CT molecular complexity index is 600. The van der Waals surface area contributed by atoms with E-state index in [4.69, 9.17) is 9.84 Å². The molecule has 7 heteroatoms. The van der Waals surface area contributed by atoms with Gasteiger partial charge in [0, 0.05) is 0 Å². The van der Waals surface area contributed by atoms with Crippen molar-refractivity contribution < 1.29 is 20.1 Å². The Labute approximate surface area is 109 Å². The van der Waals surface area contributed by atoms with Crippen molar-refractivity contribution in [2.45, 2.75) is 31.5 Å². The molecular formula is C12H15N3O4. The lowest BCUT2D eigenvalue weighted by Gasteiger charge is -2.15. The molecule has 3 rings (SSSR count). The molecule has 1 aromatic carbocycles. The monoisotopic (exact) mass is 265 g/mol. The van der Waals surface area contributed by atoms with Crippen molar-refractivity contribution in [1.29, 1.82) is 0 Å². The lowest BCUT2D eigenvalue weighted by Crippen LogP contribution is -2.33. The van der Waals surface area contributed by atoms with Crippen LogP contribution >= 0.6 is 0 Å². The van der Waals surface area contributed by atoms with E-state index in [1.807, 2.05) is 25.1 Å². The molecule has 2 aromatic rings. The van der Waals surface area contributed by atoms with Crippen LogP contribution in [0.25, 0.3) is 11.0 Å². The summed E-state index contributed by atoms with van der Waals surface area (Å²) in [7, 11) is 0. The third kappa shape index (κ3) is 1.82. The Balaban J connectivity index is 2.06. The Morgan fingerprint density at radius 2 is 2.11 bits per heavy atom. The van der Waals surface area contributed by atoms with E-state index >= 15 is 0 Å². The molecule has 102 valence electrons. The zero-order chi connectivity index (χ0) is 13.6. The molecule has 0 unspecified atom stereocenters. The number of aliphatic hydroxyl groups is 3. The molecule has 0 saturated carbocycles. The second-order valence-electron chi connectivity index (χ2n) is 4.71. The van der Waals surface area contributed by atoms with Crippen LogP contribution in [0.1, 0.15) is 11.8 Å². The number of hydrogen-bond acceptors (Lipinski definition) is 6. The molecule has 4 atom stereocenters. The van der Waals surface area contributed by atoms with Crippen molar-refractivity contribution in [1.82, 2.24) is 15.0 Å². The highest BCUT2D eigenvalue weighted by Crippen LogP contribution is 2.31. The molecule has 1 aliphatic rings. The summed E-state index contributed by atoms with van der Waals surface area (Å²) in [5.41, 5.74) is 2.38. The summed E-state index contributed by atoms with van der Waals surface area (Å²) >= 11 is 0. The van der Waals surface area contributed by atoms with E-state index < -0.39 is 24.5 Å². The first-order valence-corrected chi connectivity index (χ1v) is 6.06. The van der Waals surface area contributed by atoms with E-state index in [-0.39, 0.29) is 6.61 Å². The average Bonchev–Trinajstić information content (AvgIpc) is 2.94. The van der Waals surface area contributed by atoms with Gasteiger partial charge in [-0.05, 0) is 18.6 Å². The molecule has 2 heterocycles. The molecule has 1 saturated heterocycles. The number of nitrogens with zero attached hydrogens (tertiary/aromatic N) is 3. The highest BCUT2D eigenvalue weighted by atomic mass is 16.6. The maximum atomic E-state index is 10.0. The van der Waals surface area contributed by atoms with Gasteiger partial charge in [0.25, 0.3) is 0 Å². The highest BCUT2D eigenvalue weighted by molar-refractivity contribution is 5.77. The second-order valence-corrected chi connectivity index (χ2v) is 4.71. The molecule has 0 amide bonds. The molecule has 0 bridgehead atoms. The van der Waals surface area contributed by atoms with Gasteiger partial charge in [0.2, 0.25) is 0 Å². The minimum absolute atomic E-state index is 0.361. The summed E-state index contributed by atoms with van der Waals surface area (Å²) in [6.45, 7) is 1.55. The number of ether oxygens (including phenoxy) is 1. The second kappa shape index (κ2) is 4.53. The van der Waals surface area contributed by atoms with Crippen LogP contribution in [-0.2, 0) is 4.74 Å². The maximum Gasteiger partial charge on any atom is 0.181 e. The zero-order valence-corrected chi connectivity index (χ0v) is 10.3. The van der Waals surface area contributed by atoms with Gasteiger partial charge in [-0.15, -0.1) is 5.10 Å². The number of hydrogen-bond donors (Lipinski definition) is 3. The quantitative estimate of drug-likeness (QED) is 0.667. The Morgan fingerprint density at radius 3 is 2.79 bits per heavy atom. The molecule has 1 fully saturated rings. The molecule has 3 N–H and O–H groups in total. The fraction of sp³-hybridized carbons (Fsp3) is 0.500. The van der Waals surface area contributed by atoms with Gasteiger partial charge in [-0.2, -0.15) is 0 Å². The van der Waals surface area contributed by atoms with Crippen molar-refractivity contribution in [3.05, 3.63) is 23.8 Å². The van der Waals surface area contributed by atoms with Gasteiger partial charge in [-0.3, -0.25) is 0 Å². The molecule has 0 spiro atoms. The summed E-state index contributed by atoms with van der Waals surface area (Å²) in [6, 6.07) is 5.59. The largest absolute Gasteiger partial charge is 0.394 e. The lowest BCUT2D eigenvalue weighted by atomic mass is 10.1. The van der Waals surface area contributed by atoms with E-state index in [2.05, 4.69) is 10.3 Å². The average molecular weight is 265 g/mol. The van der Waals surface area contributed by atoms with Gasteiger partial charge in [-0.25, -0.2) is 4.68 Å². The maximum absolute atomic E-state index is 10.0. The highest BCUT2D eigenvalue weighted by Gasteiger charge is 2.44. The van der Waals surface area contributed by atoms with Crippen molar-refractivity contribution in [2.24, 2.45) is 0 Å². The first kappa shape index (κ1) is 12.5. The van der Waals surface area contributed by atoms with Gasteiger partial charge >= 0.3 is 0 Å². The van der Waals surface area contributed by atoms with Gasteiger partial charge < -0.3 is 20.1 Å². The fourth-order valence-electron chi connectivity index (χ4n) is 2.42. The van der Waals surface area contributed by atoms with Gasteiger partial charge in [0.05, 0.1) is 12.1 Å². The predicted molar refractivity (Wildman–Crippen MR) is 65.3 cm³/mol. The third-order valence-electron chi connectivity index (χ3n) is 3.45. The molecule has 1 aromatic heterocycles. The van der Waals surface area contributed by atoms with Crippen LogP contribution in [0.15, 0.2) is 18.2 Å². The lowest BCUT2D eigenvalue weighted by molar-refractivity contribution is -0.0572. The van der Waals surface area contributed by atoms with E-state index in [1.165, 1.54) is 4.68 Å². The molecular weight excluding hydrogens is 250 g/mol. The fourth-order valence-corrected chi connectivity index (χ4v) is 2.42. The van der Waals surface area contributed by atoms with E-state index in [0.717, 1.165) is 11.1 Å². The number of benzene rings is 1. The summed E-state index contributed by atoms with van der Waals surface area (Å²) in [6.07, 6.45) is -3.96. The van der Waals surface area contributed by atoms with E-state index in [9.17, 15) is 10.2 Å². The summed E-state index contributed by atoms with van der Waals surface area (Å²) in [5.74, 6) is 0. The van der Waals surface area contributed by atoms with Crippen LogP contribution in [0, 0.1) is 6.92 Å².